The first kappa shape index (κ1) is 15.2. The first-order chi connectivity index (χ1) is 8.49. The fourth-order valence-corrected chi connectivity index (χ4v) is 1.81. The van der Waals surface area contributed by atoms with Gasteiger partial charge in [0.1, 0.15) is 0 Å². The summed E-state index contributed by atoms with van der Waals surface area (Å²) in [5.41, 5.74) is 0.982. The average Bonchev–Trinajstić information content (AvgIpc) is 2.38. The summed E-state index contributed by atoms with van der Waals surface area (Å²) >= 11 is 0. The van der Waals surface area contributed by atoms with Gasteiger partial charge in [0.05, 0.1) is 12.2 Å². The van der Waals surface area contributed by atoms with Crippen LogP contribution in [-0.4, -0.2) is 36.5 Å². The molecule has 2 unspecified atom stereocenters. The second kappa shape index (κ2) is 6.88. The third kappa shape index (κ3) is 4.41. The van der Waals surface area contributed by atoms with Crippen LogP contribution < -0.4 is 5.32 Å². The van der Waals surface area contributed by atoms with Gasteiger partial charge in [-0.3, -0.25) is 0 Å². The van der Waals surface area contributed by atoms with Crippen LogP contribution in [0.2, 0.25) is 0 Å². The molecule has 0 amide bonds. The van der Waals surface area contributed by atoms with Crippen molar-refractivity contribution in [3.63, 3.8) is 0 Å². The van der Waals surface area contributed by atoms with Gasteiger partial charge in [-0.05, 0) is 32.8 Å². The van der Waals surface area contributed by atoms with Gasteiger partial charge in [0.15, 0.2) is 0 Å². The zero-order valence-corrected chi connectivity index (χ0v) is 11.8. The number of aliphatic hydroxyl groups is 1. The predicted octanol–water partition coefficient (Wildman–Crippen LogP) is 1.99. The molecule has 0 fully saturated rings. The van der Waals surface area contributed by atoms with E-state index >= 15 is 0 Å². The van der Waals surface area contributed by atoms with Crippen molar-refractivity contribution in [1.29, 1.82) is 0 Å². The molecule has 0 aliphatic heterocycles. The number of hydrogen-bond donors (Lipinski definition) is 2. The van der Waals surface area contributed by atoms with E-state index in [0.29, 0.717) is 0 Å². The van der Waals surface area contributed by atoms with Crippen LogP contribution in [0.4, 0.5) is 0 Å². The van der Waals surface area contributed by atoms with Crippen LogP contribution in [0.25, 0.3) is 0 Å². The summed E-state index contributed by atoms with van der Waals surface area (Å²) in [5.74, 6) is 0. The van der Waals surface area contributed by atoms with E-state index in [1.54, 1.807) is 7.11 Å². The second-order valence-electron chi connectivity index (χ2n) is 5.27. The Labute approximate surface area is 110 Å². The molecule has 0 aliphatic carbocycles. The minimum absolute atomic E-state index is 0.0526. The summed E-state index contributed by atoms with van der Waals surface area (Å²) in [6, 6.07) is 10.4. The number of rotatable bonds is 7. The van der Waals surface area contributed by atoms with E-state index < -0.39 is 0 Å². The van der Waals surface area contributed by atoms with E-state index in [0.717, 1.165) is 6.42 Å². The van der Waals surface area contributed by atoms with Gasteiger partial charge in [0, 0.05) is 19.2 Å². The number of ether oxygens (including phenoxy) is 1. The number of benzene rings is 1. The molecule has 0 bridgehead atoms. The van der Waals surface area contributed by atoms with Gasteiger partial charge in [0.2, 0.25) is 0 Å². The Morgan fingerprint density at radius 3 is 2.39 bits per heavy atom. The highest BCUT2D eigenvalue weighted by molar-refractivity contribution is 5.16. The summed E-state index contributed by atoms with van der Waals surface area (Å²) < 4.78 is 5.45. The SMILES string of the molecule is COC(C)(C)C(C)NC(CO)Cc1ccccc1. The van der Waals surface area contributed by atoms with Gasteiger partial charge in [-0.15, -0.1) is 0 Å². The summed E-state index contributed by atoms with van der Waals surface area (Å²) in [5, 5.41) is 12.9. The summed E-state index contributed by atoms with van der Waals surface area (Å²) in [6.45, 7) is 6.29. The molecule has 1 aromatic rings. The normalized spacial score (nSPS) is 15.4. The van der Waals surface area contributed by atoms with Gasteiger partial charge in [0.25, 0.3) is 0 Å². The molecule has 2 N–H and O–H groups in total. The highest BCUT2D eigenvalue weighted by atomic mass is 16.5. The van der Waals surface area contributed by atoms with Crippen molar-refractivity contribution in [2.24, 2.45) is 0 Å². The van der Waals surface area contributed by atoms with Crippen LogP contribution in [0.3, 0.4) is 0 Å². The van der Waals surface area contributed by atoms with E-state index in [9.17, 15) is 5.11 Å². The molecule has 0 heterocycles. The molecule has 0 saturated carbocycles. The van der Waals surface area contributed by atoms with Crippen LogP contribution in [0.5, 0.6) is 0 Å². The lowest BCUT2D eigenvalue weighted by Crippen LogP contribution is -2.51. The lowest BCUT2D eigenvalue weighted by molar-refractivity contribution is -0.0100. The highest BCUT2D eigenvalue weighted by Gasteiger charge is 2.27. The Hall–Kier alpha value is -0.900. The topological polar surface area (TPSA) is 41.5 Å². The third-order valence-electron chi connectivity index (χ3n) is 3.60. The van der Waals surface area contributed by atoms with Gasteiger partial charge in [-0.2, -0.15) is 0 Å². The fourth-order valence-electron chi connectivity index (χ4n) is 1.81. The van der Waals surface area contributed by atoms with E-state index in [2.05, 4.69) is 24.4 Å². The molecule has 18 heavy (non-hydrogen) atoms. The summed E-state index contributed by atoms with van der Waals surface area (Å²) in [4.78, 5) is 0. The smallest absolute Gasteiger partial charge is 0.0772 e. The van der Waals surface area contributed by atoms with Crippen molar-refractivity contribution in [3.05, 3.63) is 35.9 Å². The van der Waals surface area contributed by atoms with E-state index in [1.165, 1.54) is 5.56 Å². The Balaban J connectivity index is 2.57. The Bertz CT molecular complexity index is 338. The molecule has 0 aromatic heterocycles. The standard InChI is InChI=1S/C15H25NO2/c1-12(15(2,3)18-4)16-14(11-17)10-13-8-6-5-7-9-13/h5-9,12,14,16-17H,10-11H2,1-4H3. The van der Waals surface area contributed by atoms with Gasteiger partial charge in [-0.25, -0.2) is 0 Å². The van der Waals surface area contributed by atoms with Crippen molar-refractivity contribution in [2.75, 3.05) is 13.7 Å². The summed E-state index contributed by atoms with van der Waals surface area (Å²) in [6.07, 6.45) is 0.821. The van der Waals surface area contributed by atoms with Crippen molar-refractivity contribution in [2.45, 2.75) is 44.9 Å². The number of methoxy groups -OCH3 is 1. The Morgan fingerprint density at radius 2 is 1.89 bits per heavy atom. The minimum Gasteiger partial charge on any atom is -0.395 e. The molecule has 1 aromatic carbocycles. The molecule has 2 atom stereocenters. The number of hydrogen-bond acceptors (Lipinski definition) is 3. The predicted molar refractivity (Wildman–Crippen MR) is 74.7 cm³/mol. The van der Waals surface area contributed by atoms with E-state index in [1.807, 2.05) is 32.0 Å². The molecule has 102 valence electrons. The fraction of sp³-hybridized carbons (Fsp3) is 0.600. The van der Waals surface area contributed by atoms with Crippen molar-refractivity contribution < 1.29 is 9.84 Å². The molecule has 0 spiro atoms. The molecule has 0 aliphatic rings. The maximum Gasteiger partial charge on any atom is 0.0772 e. The highest BCUT2D eigenvalue weighted by Crippen LogP contribution is 2.14. The third-order valence-corrected chi connectivity index (χ3v) is 3.60. The van der Waals surface area contributed by atoms with Crippen molar-refractivity contribution >= 4 is 0 Å². The molecular weight excluding hydrogens is 226 g/mol. The lowest BCUT2D eigenvalue weighted by atomic mass is 9.98. The number of nitrogens with one attached hydrogen (secondary N) is 1. The Kier molecular flexibility index (Phi) is 5.79. The first-order valence-electron chi connectivity index (χ1n) is 6.45. The molecule has 3 heteroatoms. The monoisotopic (exact) mass is 251 g/mol. The van der Waals surface area contributed by atoms with E-state index in [4.69, 9.17) is 4.74 Å². The molecule has 0 radical (unpaired) electrons. The zero-order valence-electron chi connectivity index (χ0n) is 11.8. The van der Waals surface area contributed by atoms with Crippen LogP contribution in [0.15, 0.2) is 30.3 Å². The molecule has 1 rings (SSSR count). The van der Waals surface area contributed by atoms with Gasteiger partial charge >= 0.3 is 0 Å². The van der Waals surface area contributed by atoms with Crippen LogP contribution in [0, 0.1) is 0 Å². The second-order valence-corrected chi connectivity index (χ2v) is 5.27. The Morgan fingerprint density at radius 1 is 1.28 bits per heavy atom. The van der Waals surface area contributed by atoms with E-state index in [-0.39, 0.29) is 24.3 Å². The van der Waals surface area contributed by atoms with Crippen molar-refractivity contribution in [1.82, 2.24) is 5.32 Å². The first-order valence-corrected chi connectivity index (χ1v) is 6.45. The van der Waals surface area contributed by atoms with Crippen LogP contribution in [0.1, 0.15) is 26.3 Å². The largest absolute Gasteiger partial charge is 0.395 e. The maximum absolute atomic E-state index is 9.47. The quantitative estimate of drug-likeness (QED) is 0.779. The van der Waals surface area contributed by atoms with Crippen molar-refractivity contribution in [3.8, 4) is 0 Å². The zero-order chi connectivity index (χ0) is 13.6. The average molecular weight is 251 g/mol. The molecule has 0 saturated heterocycles. The maximum atomic E-state index is 9.47. The lowest BCUT2D eigenvalue weighted by Gasteiger charge is -2.33. The molecular formula is C15H25NO2. The number of aliphatic hydroxyl groups excluding tert-OH is 1. The van der Waals surface area contributed by atoms with Gasteiger partial charge < -0.3 is 15.2 Å². The minimum atomic E-state index is -0.246. The van der Waals surface area contributed by atoms with Crippen LogP contribution in [-0.2, 0) is 11.2 Å². The summed E-state index contributed by atoms with van der Waals surface area (Å²) in [7, 11) is 1.71. The van der Waals surface area contributed by atoms with Crippen LogP contribution >= 0.6 is 0 Å². The van der Waals surface area contributed by atoms with Gasteiger partial charge in [-0.1, -0.05) is 30.3 Å². The molecule has 3 nitrogen and oxygen atoms in total.